The molecule has 3 saturated heterocycles. The van der Waals surface area contributed by atoms with Gasteiger partial charge in [0.15, 0.2) is 5.92 Å². The fourth-order valence-electron chi connectivity index (χ4n) is 12.9. The van der Waals surface area contributed by atoms with E-state index in [9.17, 15) is 14.4 Å². The second-order valence-electron chi connectivity index (χ2n) is 27.2. The molecule has 12 nitrogen and oxygen atoms in total. The fourth-order valence-corrected chi connectivity index (χ4v) is 12.9. The second-order valence-corrected chi connectivity index (χ2v) is 27.2. The number of esters is 3. The summed E-state index contributed by atoms with van der Waals surface area (Å²) in [6, 6.07) is 0. The van der Waals surface area contributed by atoms with Gasteiger partial charge in [0, 0.05) is 78.2 Å². The number of carbonyl (C=O) groups excluding carboxylic acids is 3. The summed E-state index contributed by atoms with van der Waals surface area (Å²) in [5.41, 5.74) is -2.60. The molecule has 0 bridgehead atoms. The van der Waals surface area contributed by atoms with Crippen LogP contribution < -0.4 is 0 Å². The van der Waals surface area contributed by atoms with Crippen molar-refractivity contribution < 1.29 is 43.1 Å². The zero-order chi connectivity index (χ0) is 56.3. The van der Waals surface area contributed by atoms with Gasteiger partial charge in [0.25, 0.3) is 0 Å². The summed E-state index contributed by atoms with van der Waals surface area (Å²) < 4.78 is 19.4. The zero-order valence-corrected chi connectivity index (χ0v) is 52.1. The van der Waals surface area contributed by atoms with Gasteiger partial charge in [-0.1, -0.05) is 159 Å². The molecule has 0 amide bonds. The average molecular weight is 1060 g/mol. The van der Waals surface area contributed by atoms with E-state index in [0.717, 1.165) is 38.5 Å². The van der Waals surface area contributed by atoms with Crippen LogP contribution >= 0.6 is 0 Å². The Hall–Kier alpha value is -1.83. The first-order chi connectivity index (χ1) is 35.1. The molecule has 0 aromatic rings. The molecule has 0 radical (unpaired) electrons. The minimum Gasteiger partial charge on any atom is -0.462 e. The van der Waals surface area contributed by atoms with E-state index in [1.807, 2.05) is 0 Å². The highest BCUT2D eigenvalue weighted by molar-refractivity contribution is 5.95. The summed E-state index contributed by atoms with van der Waals surface area (Å²) in [5.74, 6) is -2.44. The third kappa shape index (κ3) is 19.7. The smallest absolute Gasteiger partial charge is 0.320 e. The molecule has 0 aromatic heterocycles. The van der Waals surface area contributed by atoms with E-state index in [-0.39, 0.29) is 42.2 Å². The van der Waals surface area contributed by atoms with E-state index in [0.29, 0.717) is 58.3 Å². The minimum absolute atomic E-state index is 0.0718. The molecule has 440 valence electrons. The lowest BCUT2D eigenvalue weighted by molar-refractivity contribution is -0.308. The number of hydrogen-bond acceptors (Lipinski definition) is 12. The Kier molecular flexibility index (Phi) is 28.1. The lowest BCUT2D eigenvalue weighted by Gasteiger charge is -2.56. The third-order valence-corrected chi connectivity index (χ3v) is 18.1. The molecule has 12 heteroatoms. The monoisotopic (exact) mass is 1060 g/mol. The van der Waals surface area contributed by atoms with Gasteiger partial charge in [-0.3, -0.25) is 28.9 Å². The van der Waals surface area contributed by atoms with Crippen molar-refractivity contribution in [3.8, 4) is 0 Å². The number of rotatable bonds is 35. The van der Waals surface area contributed by atoms with Crippen LogP contribution in [0.3, 0.4) is 0 Å². The van der Waals surface area contributed by atoms with Crippen molar-refractivity contribution in [1.29, 1.82) is 0 Å². The predicted octanol–water partition coefficient (Wildman–Crippen LogP) is 15.9. The number of hydroxylamine groups is 6. The maximum absolute atomic E-state index is 14.8. The summed E-state index contributed by atoms with van der Waals surface area (Å²) >= 11 is 0. The molecule has 0 aromatic carbocycles. The standard InChI is InChI=1S/C63H119N3O9/c1-19-22-25-28-31-34-39-70-64-58(10,11)42-51(45-61(64,16)48(4)5)73-55(67)38-37-54(56(68)74-52-43-59(12,13)65(62(17,46-52)49(6)7)71-40-35-32-29-26-23-20-2)57(69)75-53-44-60(14,15)66(63(18,47-53)50(8)9)72-41-36-33-30-27-24-21-3/h48-54H,19-47H2,1-18H3. The van der Waals surface area contributed by atoms with Gasteiger partial charge in [-0.15, -0.1) is 0 Å². The van der Waals surface area contributed by atoms with Crippen LogP contribution in [0.15, 0.2) is 0 Å². The summed E-state index contributed by atoms with van der Waals surface area (Å²) in [5, 5.41) is 6.55. The lowest BCUT2D eigenvalue weighted by atomic mass is 9.73. The number of hydrogen-bond donors (Lipinski definition) is 0. The maximum Gasteiger partial charge on any atom is 0.320 e. The minimum atomic E-state index is -1.31. The highest BCUT2D eigenvalue weighted by Crippen LogP contribution is 2.47. The molecule has 0 saturated carbocycles. The van der Waals surface area contributed by atoms with Crippen LogP contribution in [-0.4, -0.2) is 104 Å². The summed E-state index contributed by atoms with van der Waals surface area (Å²) in [6.45, 7) is 41.5. The Balaban J connectivity index is 1.85. The Morgan fingerprint density at radius 1 is 0.400 bits per heavy atom. The molecule has 0 spiro atoms. The van der Waals surface area contributed by atoms with E-state index in [1.165, 1.54) is 77.0 Å². The van der Waals surface area contributed by atoms with Crippen LogP contribution in [0.5, 0.6) is 0 Å². The van der Waals surface area contributed by atoms with E-state index < -0.39 is 63.7 Å². The number of piperidine rings is 3. The normalized spacial score (nSPS) is 27.7. The number of carbonyl (C=O) groups is 3. The molecule has 3 heterocycles. The van der Waals surface area contributed by atoms with Crippen LogP contribution in [0.25, 0.3) is 0 Å². The van der Waals surface area contributed by atoms with Crippen molar-refractivity contribution in [1.82, 2.24) is 15.2 Å². The van der Waals surface area contributed by atoms with Crippen LogP contribution in [0.1, 0.15) is 292 Å². The molecule has 75 heavy (non-hydrogen) atoms. The average Bonchev–Trinajstić information content (AvgIpc) is 3.29. The van der Waals surface area contributed by atoms with Crippen LogP contribution in [0.4, 0.5) is 0 Å². The fraction of sp³-hybridized carbons (Fsp3) is 0.952. The lowest BCUT2D eigenvalue weighted by Crippen LogP contribution is -2.65. The molecule has 3 aliphatic rings. The molecule has 6 atom stereocenters. The number of nitrogens with zero attached hydrogens (tertiary/aromatic N) is 3. The molecule has 3 fully saturated rings. The highest BCUT2D eigenvalue weighted by atomic mass is 16.7. The Morgan fingerprint density at radius 2 is 0.667 bits per heavy atom. The first-order valence-electron chi connectivity index (χ1n) is 31.0. The van der Waals surface area contributed by atoms with Gasteiger partial charge >= 0.3 is 17.9 Å². The molecular formula is C63H119N3O9. The van der Waals surface area contributed by atoms with Crippen molar-refractivity contribution in [3.05, 3.63) is 0 Å². The Labute approximate surface area is 461 Å². The molecular weight excluding hydrogens is 943 g/mol. The van der Waals surface area contributed by atoms with E-state index in [2.05, 4.69) is 140 Å². The quantitative estimate of drug-likeness (QED) is 0.0260. The summed E-state index contributed by atoms with van der Waals surface area (Å²) in [4.78, 5) is 63.7. The highest BCUT2D eigenvalue weighted by Gasteiger charge is 2.55. The van der Waals surface area contributed by atoms with Crippen molar-refractivity contribution in [2.75, 3.05) is 19.8 Å². The first-order valence-corrected chi connectivity index (χ1v) is 31.0. The first kappa shape index (κ1) is 67.4. The van der Waals surface area contributed by atoms with Gasteiger partial charge in [-0.2, -0.15) is 15.2 Å². The summed E-state index contributed by atoms with van der Waals surface area (Å²) in [6.07, 6.45) is 23.2. The van der Waals surface area contributed by atoms with Gasteiger partial charge < -0.3 is 14.2 Å². The molecule has 0 N–H and O–H groups in total. The zero-order valence-electron chi connectivity index (χ0n) is 52.1. The second kappa shape index (κ2) is 31.2. The van der Waals surface area contributed by atoms with Crippen molar-refractivity contribution in [2.24, 2.45) is 23.7 Å². The number of ether oxygens (including phenoxy) is 3. The van der Waals surface area contributed by atoms with E-state index >= 15 is 0 Å². The van der Waals surface area contributed by atoms with Crippen molar-refractivity contribution in [2.45, 2.75) is 343 Å². The molecule has 0 aliphatic carbocycles. The predicted molar refractivity (Wildman–Crippen MR) is 306 cm³/mol. The van der Waals surface area contributed by atoms with E-state index in [4.69, 9.17) is 28.7 Å². The van der Waals surface area contributed by atoms with Gasteiger partial charge in [0.05, 0.1) is 19.8 Å². The van der Waals surface area contributed by atoms with E-state index in [1.54, 1.807) is 0 Å². The molecule has 3 aliphatic heterocycles. The molecule has 6 unspecified atom stereocenters. The third-order valence-electron chi connectivity index (χ3n) is 18.1. The SMILES string of the molecule is CCCCCCCCON1C(C)(C)CC(OC(=O)CCC(C(=O)OC2CC(C)(C)N(OCCCCCCCC)C(C)(C(C)C)C2)C(=O)OC2CC(C)(C)N(OCCCCCCCC)C(C)(C(C)C)C2)CC1(C)C(C)C. The number of unbranched alkanes of at least 4 members (excludes halogenated alkanes) is 15. The van der Waals surface area contributed by atoms with Gasteiger partial charge in [-0.25, -0.2) is 0 Å². The van der Waals surface area contributed by atoms with Gasteiger partial charge in [0.2, 0.25) is 0 Å². The molecule has 3 rings (SSSR count). The Bertz CT molecular complexity index is 1590. The van der Waals surface area contributed by atoms with Crippen LogP contribution in [0.2, 0.25) is 0 Å². The topological polar surface area (TPSA) is 116 Å². The summed E-state index contributed by atoms with van der Waals surface area (Å²) in [7, 11) is 0. The van der Waals surface area contributed by atoms with Crippen LogP contribution in [-0.2, 0) is 43.1 Å². The van der Waals surface area contributed by atoms with Crippen LogP contribution in [0, 0.1) is 23.7 Å². The Morgan fingerprint density at radius 3 is 0.947 bits per heavy atom. The largest absolute Gasteiger partial charge is 0.462 e. The van der Waals surface area contributed by atoms with Gasteiger partial charge in [0.1, 0.15) is 18.3 Å². The van der Waals surface area contributed by atoms with Gasteiger partial charge in [-0.05, 0) is 106 Å². The van der Waals surface area contributed by atoms with Crippen molar-refractivity contribution >= 4 is 17.9 Å². The van der Waals surface area contributed by atoms with Crippen molar-refractivity contribution in [3.63, 3.8) is 0 Å². The maximum atomic E-state index is 14.8.